The first-order valence-electron chi connectivity index (χ1n) is 5.29. The molecule has 6 nitrogen and oxygen atoms in total. The summed E-state index contributed by atoms with van der Waals surface area (Å²) in [7, 11) is -2.22. The lowest BCUT2D eigenvalue weighted by molar-refractivity contribution is 0.415. The third-order valence-electron chi connectivity index (χ3n) is 2.37. The highest BCUT2D eigenvalue weighted by Gasteiger charge is 2.20. The van der Waals surface area contributed by atoms with Crippen molar-refractivity contribution in [1.82, 2.24) is 4.98 Å². The van der Waals surface area contributed by atoms with Gasteiger partial charge in [0.25, 0.3) is 10.0 Å². The van der Waals surface area contributed by atoms with Gasteiger partial charge in [0, 0.05) is 11.4 Å². The number of methoxy groups -OCH3 is 1. The summed E-state index contributed by atoms with van der Waals surface area (Å²) in [5.74, 6) is 0.630. The Morgan fingerprint density at radius 3 is 2.37 bits per heavy atom. The molecule has 0 amide bonds. The van der Waals surface area contributed by atoms with Crippen molar-refractivity contribution in [3.05, 3.63) is 39.6 Å². The molecule has 0 bridgehead atoms. The van der Waals surface area contributed by atoms with E-state index >= 15 is 0 Å². The van der Waals surface area contributed by atoms with Crippen LogP contribution in [-0.2, 0) is 10.0 Å². The van der Waals surface area contributed by atoms with Crippen molar-refractivity contribution in [2.75, 3.05) is 11.8 Å². The maximum absolute atomic E-state index is 12.1. The molecule has 1 aromatic carbocycles. The van der Waals surface area contributed by atoms with Crippen LogP contribution in [0, 0.1) is 6.92 Å². The minimum Gasteiger partial charge on any atom is -0.497 e. The second-order valence-corrected chi connectivity index (χ2v) is 6.62. The number of nitrogens with one attached hydrogen (secondary N) is 2. The lowest BCUT2D eigenvalue weighted by atomic mass is 10.3. The number of ether oxygens (including phenoxy) is 1. The minimum absolute atomic E-state index is 0.00619. The van der Waals surface area contributed by atoms with Crippen molar-refractivity contribution in [2.45, 2.75) is 11.1 Å². The van der Waals surface area contributed by atoms with Crippen LogP contribution >= 0.6 is 11.3 Å². The summed E-state index contributed by atoms with van der Waals surface area (Å²) < 4.78 is 31.6. The number of thiazole rings is 1. The number of anilines is 1. The Bertz CT molecular complexity index is 729. The lowest BCUT2D eigenvalue weighted by Crippen LogP contribution is -2.12. The van der Waals surface area contributed by atoms with E-state index in [1.54, 1.807) is 31.2 Å². The van der Waals surface area contributed by atoms with Gasteiger partial charge in [-0.3, -0.25) is 9.52 Å². The summed E-state index contributed by atoms with van der Waals surface area (Å²) >= 11 is 0.662. The summed E-state index contributed by atoms with van der Waals surface area (Å²) in [5.41, 5.74) is 0.733. The van der Waals surface area contributed by atoms with Gasteiger partial charge in [-0.15, -0.1) is 0 Å². The Balaban J connectivity index is 2.30. The van der Waals surface area contributed by atoms with Crippen LogP contribution in [0.2, 0.25) is 0 Å². The van der Waals surface area contributed by atoms with Gasteiger partial charge in [0.05, 0.1) is 7.11 Å². The fourth-order valence-corrected chi connectivity index (χ4v) is 3.87. The Labute approximate surface area is 114 Å². The minimum atomic E-state index is -3.75. The maximum atomic E-state index is 12.1. The van der Waals surface area contributed by atoms with Gasteiger partial charge in [0.2, 0.25) is 0 Å². The molecule has 1 heterocycles. The van der Waals surface area contributed by atoms with E-state index in [2.05, 4.69) is 9.71 Å². The molecule has 102 valence electrons. The lowest BCUT2D eigenvalue weighted by Gasteiger charge is -2.07. The molecule has 0 unspecified atom stereocenters. The summed E-state index contributed by atoms with van der Waals surface area (Å²) in [6.07, 6.45) is 0. The quantitative estimate of drug-likeness (QED) is 0.896. The zero-order chi connectivity index (χ0) is 14.0. The number of aryl methyl sites for hydroxylation is 1. The van der Waals surface area contributed by atoms with Crippen molar-refractivity contribution >= 4 is 27.0 Å². The molecule has 0 spiro atoms. The zero-order valence-electron chi connectivity index (χ0n) is 10.3. The highest BCUT2D eigenvalue weighted by atomic mass is 32.2. The highest BCUT2D eigenvalue weighted by Crippen LogP contribution is 2.21. The van der Waals surface area contributed by atoms with Gasteiger partial charge in [-0.25, -0.2) is 8.42 Å². The summed E-state index contributed by atoms with van der Waals surface area (Å²) in [4.78, 5) is 13.2. The van der Waals surface area contributed by atoms with Gasteiger partial charge in [0.15, 0.2) is 4.21 Å². The second kappa shape index (κ2) is 5.06. The largest absolute Gasteiger partial charge is 0.497 e. The Kier molecular flexibility index (Phi) is 3.63. The van der Waals surface area contributed by atoms with Crippen LogP contribution in [0.5, 0.6) is 5.75 Å². The number of sulfonamides is 1. The molecule has 2 N–H and O–H groups in total. The molecule has 0 aliphatic carbocycles. The fourth-order valence-electron chi connectivity index (χ4n) is 1.51. The smallest absolute Gasteiger partial charge is 0.306 e. The number of hydrogen-bond acceptors (Lipinski definition) is 5. The number of aromatic nitrogens is 1. The molecule has 2 aromatic rings. The molecule has 0 saturated carbocycles. The van der Waals surface area contributed by atoms with Crippen LogP contribution in [0.15, 0.2) is 33.3 Å². The Hall–Kier alpha value is -1.80. The number of aromatic amines is 1. The van der Waals surface area contributed by atoms with Crippen LogP contribution in [0.4, 0.5) is 5.69 Å². The predicted molar refractivity (Wildman–Crippen MR) is 73.5 cm³/mol. The van der Waals surface area contributed by atoms with Gasteiger partial charge in [-0.05, 0) is 31.2 Å². The number of hydrogen-bond donors (Lipinski definition) is 2. The van der Waals surface area contributed by atoms with Crippen molar-refractivity contribution in [2.24, 2.45) is 0 Å². The van der Waals surface area contributed by atoms with E-state index in [1.807, 2.05) is 0 Å². The van der Waals surface area contributed by atoms with Crippen molar-refractivity contribution < 1.29 is 13.2 Å². The van der Waals surface area contributed by atoms with Crippen molar-refractivity contribution in [3.8, 4) is 5.75 Å². The van der Waals surface area contributed by atoms with Crippen LogP contribution in [0.3, 0.4) is 0 Å². The van der Waals surface area contributed by atoms with E-state index in [1.165, 1.54) is 7.11 Å². The highest BCUT2D eigenvalue weighted by molar-refractivity contribution is 7.94. The number of benzene rings is 1. The maximum Gasteiger partial charge on any atom is 0.306 e. The molecule has 0 saturated heterocycles. The van der Waals surface area contributed by atoms with Crippen LogP contribution in [0.25, 0.3) is 0 Å². The molecule has 19 heavy (non-hydrogen) atoms. The van der Waals surface area contributed by atoms with E-state index in [4.69, 9.17) is 4.74 Å². The van der Waals surface area contributed by atoms with Crippen LogP contribution in [0.1, 0.15) is 5.69 Å². The van der Waals surface area contributed by atoms with E-state index in [0.717, 1.165) is 0 Å². The van der Waals surface area contributed by atoms with E-state index in [-0.39, 0.29) is 4.21 Å². The van der Waals surface area contributed by atoms with Gasteiger partial charge in [-0.1, -0.05) is 11.3 Å². The first kappa shape index (κ1) is 13.6. The Morgan fingerprint density at radius 2 is 1.89 bits per heavy atom. The van der Waals surface area contributed by atoms with E-state index in [9.17, 15) is 13.2 Å². The van der Waals surface area contributed by atoms with Gasteiger partial charge in [-0.2, -0.15) is 0 Å². The third kappa shape index (κ3) is 2.96. The van der Waals surface area contributed by atoms with Gasteiger partial charge < -0.3 is 9.72 Å². The van der Waals surface area contributed by atoms with E-state index < -0.39 is 14.9 Å². The molecular weight excluding hydrogens is 288 g/mol. The van der Waals surface area contributed by atoms with E-state index in [0.29, 0.717) is 28.5 Å². The molecule has 2 rings (SSSR count). The average Bonchev–Trinajstić information content (AvgIpc) is 2.70. The molecular formula is C11H12N2O4S2. The van der Waals surface area contributed by atoms with Gasteiger partial charge in [0.1, 0.15) is 5.75 Å². The zero-order valence-corrected chi connectivity index (χ0v) is 11.9. The third-order valence-corrected chi connectivity index (χ3v) is 5.35. The molecule has 1 aromatic heterocycles. The normalized spacial score (nSPS) is 11.3. The molecule has 0 radical (unpaired) electrons. The molecule has 0 fully saturated rings. The number of rotatable bonds is 4. The molecule has 0 aliphatic rings. The Morgan fingerprint density at radius 1 is 1.26 bits per heavy atom. The standard InChI is InChI=1S/C11H12N2O4S2/c1-7-10(18-11(14)12-7)19(15,16)13-8-3-5-9(17-2)6-4-8/h3-6,13H,1-2H3,(H,12,14). The predicted octanol–water partition coefficient (Wildman–Crippen LogP) is 1.55. The summed E-state index contributed by atoms with van der Waals surface area (Å²) in [5, 5.41) is 0. The van der Waals surface area contributed by atoms with Gasteiger partial charge >= 0.3 is 4.87 Å². The van der Waals surface area contributed by atoms with Crippen molar-refractivity contribution in [1.29, 1.82) is 0 Å². The SMILES string of the molecule is COc1ccc(NS(=O)(=O)c2sc(=O)[nH]c2C)cc1. The second-order valence-electron chi connectivity index (χ2n) is 3.76. The monoisotopic (exact) mass is 300 g/mol. The van der Waals surface area contributed by atoms with Crippen LogP contribution < -0.4 is 14.3 Å². The first-order chi connectivity index (χ1) is 8.92. The van der Waals surface area contributed by atoms with Crippen molar-refractivity contribution in [3.63, 3.8) is 0 Å². The number of H-pyrrole nitrogens is 1. The van der Waals surface area contributed by atoms with Crippen LogP contribution in [-0.4, -0.2) is 20.5 Å². The summed E-state index contributed by atoms with van der Waals surface area (Å²) in [6, 6.07) is 6.46. The summed E-state index contributed by atoms with van der Waals surface area (Å²) in [6.45, 7) is 1.54. The topological polar surface area (TPSA) is 88.3 Å². The fraction of sp³-hybridized carbons (Fsp3) is 0.182. The first-order valence-corrected chi connectivity index (χ1v) is 7.59. The molecule has 8 heteroatoms. The molecule has 0 atom stereocenters. The molecule has 0 aliphatic heterocycles. The average molecular weight is 300 g/mol.